The normalized spacial score (nSPS) is 18.6. The molecule has 0 saturated carbocycles. The van der Waals surface area contributed by atoms with E-state index in [0.29, 0.717) is 48.4 Å². The number of carboxylic acid groups (broad SMARTS) is 1. The van der Waals surface area contributed by atoms with Crippen molar-refractivity contribution >= 4 is 76.2 Å². The van der Waals surface area contributed by atoms with E-state index in [1.165, 1.54) is 38.3 Å². The van der Waals surface area contributed by atoms with Crippen molar-refractivity contribution in [2.75, 3.05) is 32.5 Å². The highest BCUT2D eigenvalue weighted by Gasteiger charge is 2.44. The summed E-state index contributed by atoms with van der Waals surface area (Å²) in [6.07, 6.45) is 5.87. The molecule has 6 N–H and O–H groups in total. The van der Waals surface area contributed by atoms with E-state index < -0.39 is 77.4 Å². The number of carbonyl (C=O) groups excluding carboxylic acids is 9. The van der Waals surface area contributed by atoms with Gasteiger partial charge in [0.15, 0.2) is 6.10 Å². The first-order valence-electron chi connectivity index (χ1n) is 27.1. The number of esters is 1. The summed E-state index contributed by atoms with van der Waals surface area (Å²) >= 11 is 1.11. The van der Waals surface area contributed by atoms with E-state index in [4.69, 9.17) is 4.74 Å². The summed E-state index contributed by atoms with van der Waals surface area (Å²) < 4.78 is 5.82. The Bertz CT molecular complexity index is 2480. The highest BCUT2D eigenvalue weighted by molar-refractivity contribution is 7.09. The Labute approximate surface area is 462 Å². The molecule has 3 heterocycles. The van der Waals surface area contributed by atoms with E-state index in [9.17, 15) is 53.1 Å². The van der Waals surface area contributed by atoms with Gasteiger partial charge < -0.3 is 41.3 Å². The van der Waals surface area contributed by atoms with Gasteiger partial charge in [-0.15, -0.1) is 11.3 Å². The maximum absolute atomic E-state index is 14.4. The Morgan fingerprint density at radius 2 is 1.50 bits per heavy atom. The second-order valence-electron chi connectivity index (χ2n) is 21.8. The molecular formula is C56H83N9O12S. The van der Waals surface area contributed by atoms with E-state index >= 15 is 0 Å². The van der Waals surface area contributed by atoms with E-state index in [1.807, 2.05) is 46.6 Å². The average molecular weight is 1110 g/mol. The third-order valence-corrected chi connectivity index (χ3v) is 15.9. The number of benzene rings is 1. The third-order valence-electron chi connectivity index (χ3n) is 15.0. The number of rotatable bonds is 30. The van der Waals surface area contributed by atoms with Gasteiger partial charge in [0.25, 0.3) is 17.7 Å². The van der Waals surface area contributed by atoms with Crippen molar-refractivity contribution < 1.29 is 57.8 Å². The fourth-order valence-corrected chi connectivity index (χ4v) is 10.4. The monoisotopic (exact) mass is 1110 g/mol. The average Bonchev–Trinajstić information content (AvgIpc) is 4.13. The zero-order chi connectivity index (χ0) is 58.2. The van der Waals surface area contributed by atoms with Crippen LogP contribution in [0.25, 0.3) is 0 Å². The van der Waals surface area contributed by atoms with Gasteiger partial charge in [-0.25, -0.2) is 4.98 Å². The number of carbonyl (C=O) groups is 10. The molecule has 4 rings (SSSR count). The first kappa shape index (κ1) is 64.0. The number of anilines is 1. The lowest BCUT2D eigenvalue weighted by Crippen LogP contribution is -2.60. The summed E-state index contributed by atoms with van der Waals surface area (Å²) in [6, 6.07) is 2.87. The Hall–Kier alpha value is -6.55. The van der Waals surface area contributed by atoms with Gasteiger partial charge in [-0.3, -0.25) is 57.7 Å². The number of imide groups is 1. The number of thiazole rings is 1. The molecular weight excluding hydrogens is 1020 g/mol. The zero-order valence-electron chi connectivity index (χ0n) is 47.4. The molecule has 2 aliphatic heterocycles. The number of aliphatic carboxylic acids is 1. The van der Waals surface area contributed by atoms with E-state index in [2.05, 4.69) is 31.6 Å². The number of nitrogens with one attached hydrogen (secondary N) is 5. The number of hydrogen-bond acceptors (Lipinski definition) is 14. The molecule has 22 heteroatoms. The molecule has 0 bridgehead atoms. The first-order chi connectivity index (χ1) is 36.7. The predicted molar refractivity (Wildman–Crippen MR) is 294 cm³/mol. The molecule has 21 nitrogen and oxygen atoms in total. The Morgan fingerprint density at radius 1 is 0.846 bits per heavy atom. The smallest absolute Gasteiger partial charge is 0.306 e. The maximum atomic E-state index is 14.4. The van der Waals surface area contributed by atoms with E-state index in [1.54, 1.807) is 50.1 Å². The number of carboxylic acids is 1. The highest BCUT2D eigenvalue weighted by Crippen LogP contribution is 2.32. The molecule has 0 spiro atoms. The van der Waals surface area contributed by atoms with Gasteiger partial charge >= 0.3 is 11.9 Å². The molecule has 2 aliphatic rings. The number of aromatic nitrogens is 1. The molecule has 2 aromatic rings. The lowest BCUT2D eigenvalue weighted by molar-refractivity contribution is -0.149. The van der Waals surface area contributed by atoms with Gasteiger partial charge in [0, 0.05) is 68.7 Å². The van der Waals surface area contributed by atoms with Gasteiger partial charge in [-0.1, -0.05) is 73.4 Å². The lowest BCUT2D eigenvalue weighted by Gasteiger charge is -2.38. The minimum Gasteiger partial charge on any atom is -0.481 e. The first-order valence-corrected chi connectivity index (χ1v) is 28.0. The molecule has 9 atom stereocenters. The molecule has 1 fully saturated rings. The summed E-state index contributed by atoms with van der Waals surface area (Å²) in [5.74, 6) is -6.25. The van der Waals surface area contributed by atoms with Crippen LogP contribution in [0, 0.1) is 23.7 Å². The number of nitrogens with zero attached hydrogens (tertiary/aromatic N) is 4. The Kier molecular flexibility index (Phi) is 24.1. The molecule has 430 valence electrons. The highest BCUT2D eigenvalue weighted by atomic mass is 32.1. The van der Waals surface area contributed by atoms with Crippen LogP contribution in [0.1, 0.15) is 154 Å². The van der Waals surface area contributed by atoms with Crippen LogP contribution in [-0.2, 0) is 54.3 Å². The number of unbranched alkanes of at least 4 members (excludes halogenated alkanes) is 2. The summed E-state index contributed by atoms with van der Waals surface area (Å²) in [6.45, 7) is 18.6. The van der Waals surface area contributed by atoms with Crippen LogP contribution in [0.3, 0.4) is 0 Å². The second kappa shape index (κ2) is 29.4. The predicted octanol–water partition coefficient (Wildman–Crippen LogP) is 5.16. The topological polar surface area (TPSA) is 283 Å². The van der Waals surface area contributed by atoms with Crippen LogP contribution in [0.2, 0.25) is 0 Å². The van der Waals surface area contributed by atoms with E-state index in [0.717, 1.165) is 29.2 Å². The van der Waals surface area contributed by atoms with Crippen molar-refractivity contribution in [3.05, 3.63) is 58.1 Å². The summed E-state index contributed by atoms with van der Waals surface area (Å²) in [5, 5.41) is 25.9. The van der Waals surface area contributed by atoms with Gasteiger partial charge in [0.2, 0.25) is 29.5 Å². The lowest BCUT2D eigenvalue weighted by atomic mass is 9.91. The van der Waals surface area contributed by atoms with Gasteiger partial charge in [-0.05, 0) is 101 Å². The van der Waals surface area contributed by atoms with Crippen molar-refractivity contribution in [3.8, 4) is 0 Å². The Balaban J connectivity index is 1.38. The fourth-order valence-electron chi connectivity index (χ4n) is 9.56. The summed E-state index contributed by atoms with van der Waals surface area (Å²) in [5.41, 5.74) is 0.404. The molecule has 1 aromatic heterocycles. The maximum Gasteiger partial charge on any atom is 0.306 e. The molecule has 78 heavy (non-hydrogen) atoms. The quantitative estimate of drug-likeness (QED) is 0.0335. The number of ether oxygens (including phenoxy) is 1. The minimum absolute atomic E-state index is 0.0229. The van der Waals surface area contributed by atoms with Crippen LogP contribution in [0.4, 0.5) is 5.69 Å². The third kappa shape index (κ3) is 18.0. The Morgan fingerprint density at radius 3 is 2.06 bits per heavy atom. The fraction of sp³-hybridized carbons (Fsp3) is 0.625. The van der Waals surface area contributed by atoms with Crippen molar-refractivity contribution in [2.45, 2.75) is 175 Å². The van der Waals surface area contributed by atoms with Crippen LogP contribution in [0.5, 0.6) is 0 Å². The van der Waals surface area contributed by atoms with Crippen LogP contribution < -0.4 is 26.6 Å². The van der Waals surface area contributed by atoms with Gasteiger partial charge in [0.05, 0.1) is 11.5 Å². The minimum atomic E-state index is -1.05. The van der Waals surface area contributed by atoms with Crippen molar-refractivity contribution in [3.63, 3.8) is 0 Å². The van der Waals surface area contributed by atoms with Crippen LogP contribution in [-0.4, -0.2) is 147 Å². The molecule has 0 unspecified atom stereocenters. The number of likely N-dealkylation sites (tertiary alicyclic amines) is 1. The largest absolute Gasteiger partial charge is 0.481 e. The van der Waals surface area contributed by atoms with Gasteiger partial charge in [-0.2, -0.15) is 0 Å². The summed E-state index contributed by atoms with van der Waals surface area (Å²) in [4.78, 5) is 139. The van der Waals surface area contributed by atoms with Crippen molar-refractivity contribution in [2.24, 2.45) is 23.7 Å². The molecule has 1 saturated heterocycles. The van der Waals surface area contributed by atoms with Gasteiger partial charge in [0.1, 0.15) is 28.8 Å². The number of amides is 8. The molecule has 0 radical (unpaired) electrons. The standard InChI is InChI=1S/C56H83N9O12S/c1-13-34(6)48(62-55(76)56(10)25-17-26-63(56)11)53(73)64(12)42(32(2)3)30-43(77-37(9)66)52-60-41(31-78-52)50(71)59-40(28-35(7)54(74)75)29-38-19-21-39(22-20-38)58-49(70)36(8)57-51(72)47(33(4)5)61-44(67)18-15-14-16-27-65-45(68)23-24-46(65)69/h19-24,31-36,40,42-43,47-48H,13-18,25-30H2,1-12H3,(H,57,72)(H,58,70)(H,59,71)(H,61,67)(H,62,76)(H,74,75)/t34-,35-,36-,40+,42+,43+,47-,48-,56+/m0/s1. The molecule has 1 aromatic carbocycles. The van der Waals surface area contributed by atoms with E-state index in [-0.39, 0.29) is 85.2 Å². The zero-order valence-corrected chi connectivity index (χ0v) is 48.3. The molecule has 0 aliphatic carbocycles. The summed E-state index contributed by atoms with van der Waals surface area (Å²) in [7, 11) is 3.59. The molecule has 8 amide bonds. The number of hydrogen-bond donors (Lipinski definition) is 6. The van der Waals surface area contributed by atoms with Crippen LogP contribution in [0.15, 0.2) is 41.8 Å². The second-order valence-corrected chi connectivity index (χ2v) is 22.7. The SMILES string of the molecule is CC[C@H](C)[C@H](NC(=O)[C@@]1(C)CCCN1C)C(=O)N(C)[C@H](C[C@@H](OC(C)=O)c1nc(C(=O)N[C@@H](Cc2ccc(NC(=O)[C@H](C)NC(=O)[C@@H](NC(=O)CCCCCN3C(=O)C=CC3=O)C(C)C)cc2)C[C@H](C)C(=O)O)cs1)C(C)C. The van der Waals surface area contributed by atoms with Crippen molar-refractivity contribution in [1.82, 2.24) is 41.0 Å². The number of likely N-dealkylation sites (N-methyl/N-ethyl adjacent to an activating group) is 2. The van der Waals surface area contributed by atoms with Crippen molar-refractivity contribution in [1.29, 1.82) is 0 Å². The van der Waals surface area contributed by atoms with Crippen LogP contribution >= 0.6 is 11.3 Å².